The molecule has 0 aliphatic carbocycles. The average molecular weight is 408 g/mol. The molecule has 1 aliphatic rings. The number of likely N-dealkylation sites (N-methyl/N-ethyl adjacent to an activating group) is 1. The quantitative estimate of drug-likeness (QED) is 0.687. The van der Waals surface area contributed by atoms with Crippen molar-refractivity contribution in [1.82, 2.24) is 14.8 Å². The van der Waals surface area contributed by atoms with Crippen LogP contribution < -0.4 is 0 Å². The van der Waals surface area contributed by atoms with Crippen LogP contribution in [0.5, 0.6) is 0 Å². The maximum Gasteiger partial charge on any atom is 0.272 e. The fraction of sp³-hybridized carbons (Fsp3) is 0.440. The lowest BCUT2D eigenvalue weighted by molar-refractivity contribution is -0.0531. The lowest BCUT2D eigenvalue weighted by Gasteiger charge is -2.56. The molecular formula is C25H33N3O2. The molecule has 1 fully saturated rings. The zero-order valence-electron chi connectivity index (χ0n) is 18.2. The van der Waals surface area contributed by atoms with Gasteiger partial charge in [0, 0.05) is 37.3 Å². The molecule has 30 heavy (non-hydrogen) atoms. The number of amides is 1. The summed E-state index contributed by atoms with van der Waals surface area (Å²) in [6, 6.07) is 14.3. The summed E-state index contributed by atoms with van der Waals surface area (Å²) in [7, 11) is 0. The number of allylic oxidation sites excluding steroid dienone is 1. The van der Waals surface area contributed by atoms with Gasteiger partial charge in [0.05, 0.1) is 6.61 Å². The molecule has 0 spiro atoms. The van der Waals surface area contributed by atoms with Crippen LogP contribution in [0, 0.1) is 0 Å². The summed E-state index contributed by atoms with van der Waals surface area (Å²) >= 11 is 0. The summed E-state index contributed by atoms with van der Waals surface area (Å²) in [4.78, 5) is 21.5. The SMILES string of the molecule is CC=Cc1ccc([C@H]2[C@@H](CO)N(CCC)[C@@H]2CN(CC)C(=O)c2ccccn2)cc1. The number of aromatic nitrogens is 1. The first-order valence-corrected chi connectivity index (χ1v) is 10.9. The maximum absolute atomic E-state index is 13.0. The number of rotatable bonds is 9. The van der Waals surface area contributed by atoms with Gasteiger partial charge in [-0.2, -0.15) is 0 Å². The van der Waals surface area contributed by atoms with Crippen LogP contribution in [-0.4, -0.2) is 64.1 Å². The van der Waals surface area contributed by atoms with Gasteiger partial charge in [0.15, 0.2) is 0 Å². The van der Waals surface area contributed by atoms with Gasteiger partial charge in [-0.3, -0.25) is 14.7 Å². The smallest absolute Gasteiger partial charge is 0.272 e. The van der Waals surface area contributed by atoms with Gasteiger partial charge in [-0.25, -0.2) is 0 Å². The van der Waals surface area contributed by atoms with E-state index in [1.54, 1.807) is 12.3 Å². The van der Waals surface area contributed by atoms with Crippen LogP contribution in [0.1, 0.15) is 54.7 Å². The third-order valence-electron chi connectivity index (χ3n) is 5.99. The third-order valence-corrected chi connectivity index (χ3v) is 5.99. The molecule has 1 N–H and O–H groups in total. The number of aliphatic hydroxyl groups excluding tert-OH is 1. The fourth-order valence-corrected chi connectivity index (χ4v) is 4.54. The molecule has 0 bridgehead atoms. The molecule has 0 radical (unpaired) electrons. The van der Waals surface area contributed by atoms with Crippen LogP contribution in [0.3, 0.4) is 0 Å². The molecule has 0 saturated carbocycles. The van der Waals surface area contributed by atoms with Crippen LogP contribution >= 0.6 is 0 Å². The number of benzene rings is 1. The highest BCUT2D eigenvalue weighted by atomic mass is 16.3. The van der Waals surface area contributed by atoms with Gasteiger partial charge in [0.2, 0.25) is 0 Å². The van der Waals surface area contributed by atoms with E-state index in [-0.39, 0.29) is 30.5 Å². The number of likely N-dealkylation sites (tertiary alicyclic amines) is 1. The number of nitrogens with zero attached hydrogens (tertiary/aromatic N) is 3. The Bertz CT molecular complexity index is 835. The van der Waals surface area contributed by atoms with E-state index in [1.165, 1.54) is 11.1 Å². The van der Waals surface area contributed by atoms with Crippen molar-refractivity contribution < 1.29 is 9.90 Å². The maximum atomic E-state index is 13.0. The highest BCUT2D eigenvalue weighted by Gasteiger charge is 2.48. The predicted molar refractivity (Wildman–Crippen MR) is 121 cm³/mol. The molecule has 2 heterocycles. The number of hydrogen-bond acceptors (Lipinski definition) is 4. The molecular weight excluding hydrogens is 374 g/mol. The van der Waals surface area contributed by atoms with Crippen LogP contribution in [-0.2, 0) is 0 Å². The van der Waals surface area contributed by atoms with E-state index in [9.17, 15) is 9.90 Å². The zero-order valence-corrected chi connectivity index (χ0v) is 18.2. The van der Waals surface area contributed by atoms with Gasteiger partial charge in [0.1, 0.15) is 5.69 Å². The Kier molecular flexibility index (Phi) is 7.77. The Labute approximate surface area is 180 Å². The number of pyridine rings is 1. The Morgan fingerprint density at radius 1 is 1.17 bits per heavy atom. The average Bonchev–Trinajstić information content (AvgIpc) is 2.78. The van der Waals surface area contributed by atoms with Crippen molar-refractivity contribution in [2.24, 2.45) is 0 Å². The van der Waals surface area contributed by atoms with Crippen molar-refractivity contribution in [1.29, 1.82) is 0 Å². The van der Waals surface area contributed by atoms with E-state index in [4.69, 9.17) is 0 Å². The summed E-state index contributed by atoms with van der Waals surface area (Å²) in [5, 5.41) is 10.1. The van der Waals surface area contributed by atoms with Crippen LogP contribution in [0.2, 0.25) is 0 Å². The van der Waals surface area contributed by atoms with Crippen LogP contribution in [0.4, 0.5) is 0 Å². The second-order valence-electron chi connectivity index (χ2n) is 7.81. The molecule has 1 amide bonds. The molecule has 1 saturated heterocycles. The summed E-state index contributed by atoms with van der Waals surface area (Å²) in [5.74, 6) is 0.163. The molecule has 3 rings (SSSR count). The van der Waals surface area contributed by atoms with Gasteiger partial charge in [-0.15, -0.1) is 0 Å². The molecule has 5 heteroatoms. The van der Waals surface area contributed by atoms with Crippen LogP contribution in [0.15, 0.2) is 54.7 Å². The molecule has 1 aromatic heterocycles. The van der Waals surface area contributed by atoms with E-state index >= 15 is 0 Å². The summed E-state index contributed by atoms with van der Waals surface area (Å²) in [5.41, 5.74) is 2.87. The zero-order chi connectivity index (χ0) is 21.5. The third kappa shape index (κ3) is 4.63. The lowest BCUT2D eigenvalue weighted by Crippen LogP contribution is -2.67. The Morgan fingerprint density at radius 3 is 2.50 bits per heavy atom. The number of aliphatic hydroxyl groups is 1. The second kappa shape index (κ2) is 10.5. The first kappa shape index (κ1) is 22.2. The molecule has 3 atom stereocenters. The number of hydrogen-bond donors (Lipinski definition) is 1. The largest absolute Gasteiger partial charge is 0.395 e. The van der Waals surface area contributed by atoms with E-state index in [2.05, 4.69) is 47.1 Å². The van der Waals surface area contributed by atoms with E-state index < -0.39 is 0 Å². The van der Waals surface area contributed by atoms with Gasteiger partial charge in [-0.05, 0) is 50.1 Å². The first-order valence-electron chi connectivity index (χ1n) is 10.9. The second-order valence-corrected chi connectivity index (χ2v) is 7.81. The van der Waals surface area contributed by atoms with Gasteiger partial charge < -0.3 is 10.0 Å². The van der Waals surface area contributed by atoms with Crippen molar-refractivity contribution in [2.75, 3.05) is 26.2 Å². The van der Waals surface area contributed by atoms with Crippen molar-refractivity contribution in [3.05, 3.63) is 71.6 Å². The van der Waals surface area contributed by atoms with E-state index in [0.717, 1.165) is 13.0 Å². The van der Waals surface area contributed by atoms with Crippen molar-refractivity contribution in [3.63, 3.8) is 0 Å². The summed E-state index contributed by atoms with van der Waals surface area (Å²) < 4.78 is 0. The van der Waals surface area contributed by atoms with Crippen molar-refractivity contribution in [3.8, 4) is 0 Å². The van der Waals surface area contributed by atoms with Crippen LogP contribution in [0.25, 0.3) is 6.08 Å². The lowest BCUT2D eigenvalue weighted by atomic mass is 9.74. The van der Waals surface area contributed by atoms with Crippen molar-refractivity contribution in [2.45, 2.75) is 45.2 Å². The monoisotopic (exact) mass is 407 g/mol. The van der Waals surface area contributed by atoms with Gasteiger partial charge >= 0.3 is 0 Å². The first-order chi connectivity index (χ1) is 14.6. The minimum absolute atomic E-state index is 0.0378. The minimum atomic E-state index is -0.0378. The van der Waals surface area contributed by atoms with Gasteiger partial charge in [0.25, 0.3) is 5.91 Å². The van der Waals surface area contributed by atoms with E-state index in [0.29, 0.717) is 18.8 Å². The molecule has 160 valence electrons. The highest BCUT2D eigenvalue weighted by molar-refractivity contribution is 5.92. The molecule has 5 nitrogen and oxygen atoms in total. The Hall–Kier alpha value is -2.50. The fourth-order valence-electron chi connectivity index (χ4n) is 4.54. The normalized spacial score (nSPS) is 21.5. The summed E-state index contributed by atoms with van der Waals surface area (Å²) in [6.45, 7) is 8.47. The van der Waals surface area contributed by atoms with E-state index in [1.807, 2.05) is 37.0 Å². The summed E-state index contributed by atoms with van der Waals surface area (Å²) in [6.07, 6.45) is 6.79. The topological polar surface area (TPSA) is 56.7 Å². The Balaban J connectivity index is 1.84. The predicted octanol–water partition coefficient (Wildman–Crippen LogP) is 3.82. The highest BCUT2D eigenvalue weighted by Crippen LogP contribution is 2.41. The van der Waals surface area contributed by atoms with Gasteiger partial charge in [-0.1, -0.05) is 49.4 Å². The Morgan fingerprint density at radius 2 is 1.93 bits per heavy atom. The molecule has 1 aliphatic heterocycles. The minimum Gasteiger partial charge on any atom is -0.395 e. The van der Waals surface area contributed by atoms with Crippen molar-refractivity contribution >= 4 is 12.0 Å². The number of carbonyl (C=O) groups is 1. The number of carbonyl (C=O) groups excluding carboxylic acids is 1. The molecule has 2 aromatic rings. The molecule has 0 unspecified atom stereocenters. The molecule has 1 aromatic carbocycles. The standard InChI is InChI=1S/C25H33N3O2/c1-4-9-19-11-13-20(14-12-19)24-22(28(16-5-2)23(24)18-29)17-27(6-3)25(30)21-10-7-8-15-26-21/h4,7-15,22-24,29H,5-6,16-18H2,1-3H3/t22-,23-,24-/m1/s1.